The van der Waals surface area contributed by atoms with Crippen LogP contribution in [0.4, 0.5) is 0 Å². The van der Waals surface area contributed by atoms with Crippen LogP contribution in [0.2, 0.25) is 0 Å². The number of benzene rings is 2. The molecule has 33 heteroatoms. The summed E-state index contributed by atoms with van der Waals surface area (Å²) in [6.45, 7) is 3.92. The number of rotatable bonds is 15. The minimum absolute atomic E-state index is 0.0286. The quantitative estimate of drug-likeness (QED) is 0.0914. The lowest BCUT2D eigenvalue weighted by atomic mass is 10.0. The Labute approximate surface area is 560 Å². The number of nitrogens with one attached hydrogen (secondary N) is 10. The number of hydrogen-bond acceptors (Lipinski definition) is 20. The molecule has 12 amide bonds. The number of amides is 12. The number of carbonyl (C=O) groups excluding carboxylic acids is 12. The fraction of sp³-hybridized carbons (Fsp3) is 0.590. The number of hydrogen-bond donors (Lipinski definition) is 14. The summed E-state index contributed by atoms with van der Waals surface area (Å²) in [5.74, 6) is -13.1. The average molecular weight is 1390 g/mol. The topological polar surface area (TPSA) is 435 Å². The molecule has 0 radical (unpaired) electrons. The van der Waals surface area contributed by atoms with E-state index in [1.54, 1.807) is 37.3 Å². The molecule has 2 aromatic carbocycles. The number of phenols is 1. The van der Waals surface area contributed by atoms with Crippen molar-refractivity contribution < 1.29 is 77.6 Å². The van der Waals surface area contributed by atoms with E-state index in [1.807, 2.05) is 13.8 Å². The second kappa shape index (κ2) is 38.3. The van der Waals surface area contributed by atoms with Gasteiger partial charge in [0.25, 0.3) is 0 Å². The zero-order valence-corrected chi connectivity index (χ0v) is 56.0. The van der Waals surface area contributed by atoms with E-state index >= 15 is 0 Å². The van der Waals surface area contributed by atoms with Gasteiger partial charge in [-0.15, -0.1) is 0 Å². The first kappa shape index (κ1) is 75.7. The van der Waals surface area contributed by atoms with Crippen LogP contribution in [0.25, 0.3) is 0 Å². The highest BCUT2D eigenvalue weighted by atomic mass is 33.1. The first-order valence-electron chi connectivity index (χ1n) is 31.6. The summed E-state index contributed by atoms with van der Waals surface area (Å²) in [5.41, 5.74) is 6.69. The standard InChI is InChI=1S/C61H87N13O16S4/c1-4-7-16-38-51(79)67-41(27-35-20-22-36(76)23-21-35)53(81)72-46(61(89)90)33-94-93-31-44-57(85)69-42(29-75)54(82)66-39(17-8-5-2)59(87)74-25-13-19-48(74)60(88)73-24-12-18-47(73)58(86)71-45(32-92-91-30-43(55(83)70-44)63-49(77)28-62)56(84)68-40(26-34-14-10-9-11-15-34)52(80)64-37(6-3)50(78)65-38/h9-11,14-15,20-23,37-48,75-76H,4-8,12-13,16-19,24-33,62H2,1-3H3,(H,63,77)(H,64,80)(H,65,78)(H,66,82)(H,67,79)(H,68,84)(H,69,85)(H,70,83)(H,71,86)(H,72,81)(H,89,90)/t37-,38-,39-,40-,41-,42-,43-,44-,45-,46-,47-,48-/m0/s1. The molecule has 0 spiro atoms. The molecular weight excluding hydrogens is 1300 g/mol. The van der Waals surface area contributed by atoms with E-state index in [2.05, 4.69) is 53.2 Å². The summed E-state index contributed by atoms with van der Waals surface area (Å²) in [7, 11) is 3.60. The summed E-state index contributed by atoms with van der Waals surface area (Å²) >= 11 is 0. The molecule has 4 aliphatic heterocycles. The first-order valence-corrected chi connectivity index (χ1v) is 36.5. The third kappa shape index (κ3) is 22.4. The van der Waals surface area contributed by atoms with E-state index < -0.39 is 174 Å². The molecule has 2 aromatic rings. The maximum atomic E-state index is 15.0. The van der Waals surface area contributed by atoms with E-state index in [9.17, 15) is 77.6 Å². The van der Waals surface area contributed by atoms with Crippen molar-refractivity contribution >= 4 is 120 Å². The predicted molar refractivity (Wildman–Crippen MR) is 354 cm³/mol. The van der Waals surface area contributed by atoms with Crippen LogP contribution in [0.5, 0.6) is 5.75 Å². The normalized spacial score (nSPS) is 27.6. The Bertz CT molecular complexity index is 3000. The Morgan fingerprint density at radius 1 is 0.521 bits per heavy atom. The number of fused-ring (bicyclic) bond motifs is 10. The third-order valence-electron chi connectivity index (χ3n) is 16.2. The van der Waals surface area contributed by atoms with Gasteiger partial charge in [-0.25, -0.2) is 4.79 Å². The highest BCUT2D eigenvalue weighted by Gasteiger charge is 2.45. The molecule has 12 atom stereocenters. The monoisotopic (exact) mass is 1390 g/mol. The van der Waals surface area contributed by atoms with Crippen LogP contribution < -0.4 is 58.9 Å². The van der Waals surface area contributed by atoms with Gasteiger partial charge in [0.1, 0.15) is 78.3 Å². The van der Waals surface area contributed by atoms with E-state index in [0.717, 1.165) is 43.2 Å². The number of nitrogens with two attached hydrogens (primary N) is 1. The number of unbranched alkanes of at least 4 members (excludes halogenated alkanes) is 2. The number of carboxylic acids is 1. The van der Waals surface area contributed by atoms with Crippen molar-refractivity contribution in [2.24, 2.45) is 5.73 Å². The van der Waals surface area contributed by atoms with Gasteiger partial charge in [-0.2, -0.15) is 0 Å². The van der Waals surface area contributed by atoms with Crippen LogP contribution in [0, 0.1) is 0 Å². The molecule has 29 nitrogen and oxygen atoms in total. The van der Waals surface area contributed by atoms with Crippen LogP contribution >= 0.6 is 43.2 Å². The number of aromatic hydroxyl groups is 1. The Kier molecular flexibility index (Phi) is 30.8. The van der Waals surface area contributed by atoms with Gasteiger partial charge in [0.2, 0.25) is 70.9 Å². The smallest absolute Gasteiger partial charge is 0.327 e. The lowest BCUT2D eigenvalue weighted by molar-refractivity contribution is -0.148. The second-order valence-corrected chi connectivity index (χ2v) is 28.3. The van der Waals surface area contributed by atoms with Crippen LogP contribution in [-0.4, -0.2) is 224 Å². The fourth-order valence-electron chi connectivity index (χ4n) is 10.9. The molecule has 6 rings (SSSR count). The Hall–Kier alpha value is -7.33. The molecule has 94 heavy (non-hydrogen) atoms. The minimum atomic E-state index is -1.74. The molecule has 0 saturated carbocycles. The van der Waals surface area contributed by atoms with Crippen LogP contribution in [0.15, 0.2) is 54.6 Å². The molecule has 2 bridgehead atoms. The van der Waals surface area contributed by atoms with Gasteiger partial charge in [-0.05, 0) is 68.2 Å². The molecule has 0 aliphatic carbocycles. The van der Waals surface area contributed by atoms with Gasteiger partial charge in [0.05, 0.1) is 13.2 Å². The van der Waals surface area contributed by atoms with Gasteiger partial charge in [-0.1, -0.05) is 132 Å². The Morgan fingerprint density at radius 2 is 0.989 bits per heavy atom. The van der Waals surface area contributed by atoms with Crippen LogP contribution in [0.1, 0.15) is 103 Å². The number of carbonyl (C=O) groups is 13. The zero-order chi connectivity index (χ0) is 68.4. The van der Waals surface area contributed by atoms with E-state index in [1.165, 1.54) is 34.1 Å². The molecular formula is C61H87N13O16S4. The number of nitrogens with zero attached hydrogens (tertiary/aromatic N) is 2. The average Bonchev–Trinajstić information content (AvgIpc) is 1.63. The lowest BCUT2D eigenvalue weighted by Gasteiger charge is -2.33. The molecule has 0 aromatic heterocycles. The summed E-state index contributed by atoms with van der Waals surface area (Å²) in [5, 5.41) is 57.6. The Morgan fingerprint density at radius 3 is 1.57 bits per heavy atom. The summed E-state index contributed by atoms with van der Waals surface area (Å²) in [6, 6.07) is -2.89. The number of aliphatic hydroxyl groups excluding tert-OH is 1. The van der Waals surface area contributed by atoms with E-state index in [-0.39, 0.29) is 75.3 Å². The minimum Gasteiger partial charge on any atom is -0.508 e. The second-order valence-electron chi connectivity index (χ2n) is 23.2. The maximum Gasteiger partial charge on any atom is 0.327 e. The molecule has 4 aliphatic rings. The SMILES string of the molecule is CCCC[C@@H]1NC(=O)[C@H](CC)NC(=O)[C@H](Cc2ccccc2)NC(=O)[C@@H]2CSSC[C@H](NC(=O)CN)C(=O)N[C@@H](CSSC[C@@H](C(=O)O)NC(=O)[C@H](Cc3ccc(O)cc3)NC1=O)C(=O)N[C@@H](CO)C(=O)N[C@@H](CCCC)C(=O)N1CCC[C@H]1C(=O)N1CCC[C@H]1C(=O)N2. The van der Waals surface area contributed by atoms with Gasteiger partial charge < -0.3 is 84.0 Å². The fourth-order valence-corrected chi connectivity index (χ4v) is 15.5. The largest absolute Gasteiger partial charge is 0.508 e. The number of aliphatic carboxylic acids is 1. The van der Waals surface area contributed by atoms with Gasteiger partial charge in [0, 0.05) is 48.9 Å². The number of phenolic OH excluding ortho intramolecular Hbond substituents is 1. The summed E-state index contributed by atoms with van der Waals surface area (Å²) in [6.07, 6.45) is 2.79. The van der Waals surface area contributed by atoms with Crippen molar-refractivity contribution in [2.75, 3.05) is 49.3 Å². The molecule has 0 unspecified atom stereocenters. The van der Waals surface area contributed by atoms with Gasteiger partial charge >= 0.3 is 5.97 Å². The predicted octanol–water partition coefficient (Wildman–Crippen LogP) is -1.38. The highest BCUT2D eigenvalue weighted by molar-refractivity contribution is 8.77. The van der Waals surface area contributed by atoms with E-state index in [0.29, 0.717) is 49.7 Å². The lowest BCUT2D eigenvalue weighted by Crippen LogP contribution is -2.61. The maximum absolute atomic E-state index is 15.0. The zero-order valence-electron chi connectivity index (χ0n) is 52.7. The Balaban J connectivity index is 1.47. The van der Waals surface area contributed by atoms with E-state index in [4.69, 9.17) is 5.73 Å². The highest BCUT2D eigenvalue weighted by Crippen LogP contribution is 2.29. The van der Waals surface area contributed by atoms with Crippen molar-refractivity contribution in [1.29, 1.82) is 0 Å². The molecule has 15 N–H and O–H groups in total. The molecule has 4 fully saturated rings. The summed E-state index contributed by atoms with van der Waals surface area (Å²) in [4.78, 5) is 189. The van der Waals surface area contributed by atoms with Crippen LogP contribution in [-0.2, 0) is 75.2 Å². The first-order chi connectivity index (χ1) is 45.1. The number of aliphatic hydroxyl groups is 1. The molecule has 4 heterocycles. The third-order valence-corrected chi connectivity index (χ3v) is 21.0. The van der Waals surface area contributed by atoms with Crippen LogP contribution in [0.3, 0.4) is 0 Å². The van der Waals surface area contributed by atoms with Crippen molar-refractivity contribution in [3.63, 3.8) is 0 Å². The van der Waals surface area contributed by atoms with Crippen molar-refractivity contribution in [1.82, 2.24) is 63.0 Å². The molecule has 4 saturated heterocycles. The van der Waals surface area contributed by atoms with Crippen molar-refractivity contribution in [2.45, 2.75) is 177 Å². The summed E-state index contributed by atoms with van der Waals surface area (Å²) < 4.78 is 0. The number of carboxylic acid groups (broad SMARTS) is 1. The van der Waals surface area contributed by atoms with Gasteiger partial charge in [-0.3, -0.25) is 57.5 Å². The van der Waals surface area contributed by atoms with Gasteiger partial charge in [0.15, 0.2) is 0 Å². The van der Waals surface area contributed by atoms with Crippen molar-refractivity contribution in [3.8, 4) is 5.75 Å². The van der Waals surface area contributed by atoms with Crippen molar-refractivity contribution in [3.05, 3.63) is 65.7 Å². The molecule has 516 valence electrons.